The van der Waals surface area contributed by atoms with Crippen LogP contribution in [0.2, 0.25) is 0 Å². The largest absolute Gasteiger partial charge is 0.456 e. The Balaban J connectivity index is 0.928. The predicted octanol–water partition coefficient (Wildman–Crippen LogP) is 18.1. The SMILES string of the molecule is c1ccc(-n2c(-c3cccc4c3Oc3ccc(-c5cc(-c6ccc7ccc8cccnc8c7n6)c6c(c5)C5(c7ccccc7O6)c6ccccc6-c6ccccc65)cc3C43c4ccccc4-c4ccccc43)nc3ccccc32)cc1. The van der Waals surface area contributed by atoms with Crippen molar-refractivity contribution < 1.29 is 9.47 Å². The third kappa shape index (κ3) is 5.87. The number of para-hydroxylation sites is 5. The van der Waals surface area contributed by atoms with Crippen molar-refractivity contribution in [2.75, 3.05) is 0 Å². The number of aromatic nitrogens is 4. The fraction of sp³-hybridized carbons (Fsp3) is 0.0267. The number of nitrogens with zero attached hydrogens (tertiary/aromatic N) is 4. The highest BCUT2D eigenvalue weighted by atomic mass is 16.5. The van der Waals surface area contributed by atoms with Crippen LogP contribution < -0.4 is 9.47 Å². The second-order valence-electron chi connectivity index (χ2n) is 21.7. The first-order chi connectivity index (χ1) is 40.2. The lowest BCUT2D eigenvalue weighted by Gasteiger charge is -2.41. The molecule has 0 bridgehead atoms. The van der Waals surface area contributed by atoms with E-state index in [4.69, 9.17) is 24.4 Å². The van der Waals surface area contributed by atoms with Gasteiger partial charge in [-0.05, 0) is 128 Å². The van der Waals surface area contributed by atoms with Gasteiger partial charge in [0.1, 0.15) is 28.8 Å². The summed E-state index contributed by atoms with van der Waals surface area (Å²) in [6.07, 6.45) is 1.85. The summed E-state index contributed by atoms with van der Waals surface area (Å²) in [6.45, 7) is 0. The summed E-state index contributed by atoms with van der Waals surface area (Å²) >= 11 is 0. The third-order valence-electron chi connectivity index (χ3n) is 17.8. The Kier molecular flexibility index (Phi) is 8.99. The fourth-order valence-electron chi connectivity index (χ4n) is 14.5. The number of hydrogen-bond acceptors (Lipinski definition) is 5. The Hall–Kier alpha value is -10.7. The summed E-state index contributed by atoms with van der Waals surface area (Å²) in [5.41, 5.74) is 21.8. The lowest BCUT2D eigenvalue weighted by molar-refractivity contribution is 0.437. The molecule has 11 aromatic carbocycles. The maximum atomic E-state index is 7.52. The number of imidazole rings is 1. The topological polar surface area (TPSA) is 62.1 Å². The first kappa shape index (κ1) is 44.3. The highest BCUT2D eigenvalue weighted by Gasteiger charge is 2.54. The van der Waals surface area contributed by atoms with Crippen LogP contribution in [0.15, 0.2) is 267 Å². The molecule has 0 saturated heterocycles. The first-order valence-electron chi connectivity index (χ1n) is 27.7. The molecular weight excluding hydrogens is 989 g/mol. The Morgan fingerprint density at radius 3 is 1.59 bits per heavy atom. The van der Waals surface area contributed by atoms with Crippen LogP contribution in [0.25, 0.3) is 94.6 Å². The van der Waals surface area contributed by atoms with Gasteiger partial charge in [-0.1, -0.05) is 188 Å². The zero-order valence-corrected chi connectivity index (χ0v) is 43.5. The average Bonchev–Trinajstić information content (AvgIpc) is 4.37. The summed E-state index contributed by atoms with van der Waals surface area (Å²) < 4.78 is 17.2. The van der Waals surface area contributed by atoms with Gasteiger partial charge in [-0.3, -0.25) is 9.55 Å². The van der Waals surface area contributed by atoms with Crippen LogP contribution in [-0.2, 0) is 10.8 Å². The van der Waals surface area contributed by atoms with E-state index in [-0.39, 0.29) is 0 Å². The van der Waals surface area contributed by atoms with Crippen molar-refractivity contribution in [1.29, 1.82) is 0 Å². The maximum absolute atomic E-state index is 7.52. The molecule has 6 heteroatoms. The molecule has 0 atom stereocenters. The summed E-state index contributed by atoms with van der Waals surface area (Å²) in [4.78, 5) is 15.9. The lowest BCUT2D eigenvalue weighted by Crippen LogP contribution is -2.33. The van der Waals surface area contributed by atoms with E-state index < -0.39 is 10.8 Å². The van der Waals surface area contributed by atoms with Crippen molar-refractivity contribution in [2.45, 2.75) is 10.8 Å². The van der Waals surface area contributed by atoms with Crippen molar-refractivity contribution in [3.8, 4) is 84.7 Å². The molecule has 0 saturated carbocycles. The molecular formula is C75H44N4O2. The standard InChI is InChI=1S/C75H44N4O2/c1-2-19-49(20-3-1)79-66-33-14-13-32-65(66)78-73(79)54-25-16-31-61-71(54)81-68-40-38-47(43-62(68)75(61)58-28-10-6-23-52(58)53-24-7-11-29-59(53)75)48-42-55(64-39-37-46-36-35-45-18-17-41-76-69(45)70(46)77-64)72-63(44-48)74(60-30-12-15-34-67(60)80-72)56-26-8-4-21-50(56)51-22-5-9-27-57(51)74/h1-44H. The van der Waals surface area contributed by atoms with E-state index in [1.807, 2.05) is 12.3 Å². The van der Waals surface area contributed by atoms with Gasteiger partial charge in [0.25, 0.3) is 0 Å². The first-order valence-corrected chi connectivity index (χ1v) is 27.7. The quantitative estimate of drug-likeness (QED) is 0.164. The molecule has 0 fully saturated rings. The van der Waals surface area contributed by atoms with Crippen LogP contribution >= 0.6 is 0 Å². The molecule has 4 aliphatic rings. The molecule has 6 nitrogen and oxygen atoms in total. The normalized spacial score (nSPS) is 14.1. The van der Waals surface area contributed by atoms with Gasteiger partial charge in [-0.2, -0.15) is 0 Å². The van der Waals surface area contributed by atoms with E-state index >= 15 is 0 Å². The monoisotopic (exact) mass is 1030 g/mol. The van der Waals surface area contributed by atoms with Gasteiger partial charge in [-0.15, -0.1) is 0 Å². The Labute approximate surface area is 466 Å². The second-order valence-corrected chi connectivity index (χ2v) is 21.7. The summed E-state index contributed by atoms with van der Waals surface area (Å²) in [5.74, 6) is 3.99. The Morgan fingerprint density at radius 1 is 0.333 bits per heavy atom. The number of fused-ring (bicyclic) bond motifs is 22. The Bertz CT molecular complexity index is 4950. The van der Waals surface area contributed by atoms with Crippen LogP contribution in [0.3, 0.4) is 0 Å². The molecule has 0 unspecified atom stereocenters. The molecule has 81 heavy (non-hydrogen) atoms. The smallest absolute Gasteiger partial charge is 0.149 e. The highest BCUT2D eigenvalue weighted by molar-refractivity contribution is 6.04. The number of rotatable bonds is 4. The lowest BCUT2D eigenvalue weighted by atomic mass is 9.64. The van der Waals surface area contributed by atoms with Crippen LogP contribution in [-0.4, -0.2) is 19.5 Å². The van der Waals surface area contributed by atoms with Crippen LogP contribution in [0.4, 0.5) is 0 Å². The molecule has 14 aromatic rings. The molecule has 2 aliphatic carbocycles. The minimum absolute atomic E-state index is 0.735. The maximum Gasteiger partial charge on any atom is 0.149 e. The van der Waals surface area contributed by atoms with Crippen molar-refractivity contribution in [2.24, 2.45) is 0 Å². The molecule has 18 rings (SSSR count). The van der Waals surface area contributed by atoms with Crippen molar-refractivity contribution >= 4 is 32.8 Å². The zero-order chi connectivity index (χ0) is 53.0. The second kappa shape index (κ2) is 16.4. The van der Waals surface area contributed by atoms with Crippen molar-refractivity contribution in [3.63, 3.8) is 0 Å². The highest BCUT2D eigenvalue weighted by Crippen LogP contribution is 2.66. The van der Waals surface area contributed by atoms with E-state index in [9.17, 15) is 0 Å². The molecule has 0 amide bonds. The van der Waals surface area contributed by atoms with Crippen molar-refractivity contribution in [1.82, 2.24) is 19.5 Å². The minimum Gasteiger partial charge on any atom is -0.456 e. The predicted molar refractivity (Wildman–Crippen MR) is 323 cm³/mol. The van der Waals surface area contributed by atoms with Gasteiger partial charge < -0.3 is 9.47 Å². The molecule has 376 valence electrons. The molecule has 0 N–H and O–H groups in total. The summed E-state index contributed by atoms with van der Waals surface area (Å²) in [7, 11) is 0. The van der Waals surface area contributed by atoms with E-state index in [2.05, 4.69) is 259 Å². The zero-order valence-electron chi connectivity index (χ0n) is 43.5. The van der Waals surface area contributed by atoms with Crippen LogP contribution in [0.1, 0.15) is 44.5 Å². The Morgan fingerprint density at radius 2 is 0.877 bits per heavy atom. The fourth-order valence-corrected chi connectivity index (χ4v) is 14.5. The van der Waals surface area contributed by atoms with Gasteiger partial charge in [0.05, 0.1) is 44.2 Å². The molecule has 2 spiro atoms. The van der Waals surface area contributed by atoms with E-state index in [1.165, 1.54) is 44.5 Å². The molecule has 5 heterocycles. The van der Waals surface area contributed by atoms with E-state index in [0.717, 1.165) is 118 Å². The summed E-state index contributed by atoms with van der Waals surface area (Å²) in [6, 6.07) is 94.1. The molecule has 3 aromatic heterocycles. The number of hydrogen-bond donors (Lipinski definition) is 0. The van der Waals surface area contributed by atoms with Gasteiger partial charge in [0.2, 0.25) is 0 Å². The molecule has 2 aliphatic heterocycles. The third-order valence-corrected chi connectivity index (χ3v) is 17.8. The summed E-state index contributed by atoms with van der Waals surface area (Å²) in [5, 5.41) is 2.06. The van der Waals surface area contributed by atoms with Crippen LogP contribution in [0, 0.1) is 0 Å². The minimum atomic E-state index is -0.788. The van der Waals surface area contributed by atoms with E-state index in [1.54, 1.807) is 0 Å². The van der Waals surface area contributed by atoms with Gasteiger partial charge in [0.15, 0.2) is 0 Å². The van der Waals surface area contributed by atoms with E-state index in [0.29, 0.717) is 0 Å². The number of ether oxygens (including phenoxy) is 2. The number of pyridine rings is 2. The van der Waals surface area contributed by atoms with Gasteiger partial charge in [0, 0.05) is 50.5 Å². The average molecular weight is 1030 g/mol. The van der Waals surface area contributed by atoms with Gasteiger partial charge in [-0.25, -0.2) is 9.97 Å². The number of benzene rings is 11. The van der Waals surface area contributed by atoms with Crippen LogP contribution in [0.5, 0.6) is 23.0 Å². The van der Waals surface area contributed by atoms with Crippen molar-refractivity contribution in [3.05, 3.63) is 312 Å². The van der Waals surface area contributed by atoms with Gasteiger partial charge >= 0.3 is 0 Å². The molecule has 0 radical (unpaired) electrons.